The van der Waals surface area contributed by atoms with Crippen LogP contribution >= 0.6 is 0 Å². The fourth-order valence-electron chi connectivity index (χ4n) is 4.05. The van der Waals surface area contributed by atoms with Crippen molar-refractivity contribution in [1.82, 2.24) is 24.4 Å². The Morgan fingerprint density at radius 1 is 1.00 bits per heavy atom. The first-order valence-electron chi connectivity index (χ1n) is 10.2. The molecule has 2 atom stereocenters. The second kappa shape index (κ2) is 7.71. The number of aromatic nitrogens is 4. The van der Waals surface area contributed by atoms with Crippen LogP contribution in [0.2, 0.25) is 0 Å². The lowest BCUT2D eigenvalue weighted by Crippen LogP contribution is -2.28. The molecule has 6 nitrogen and oxygen atoms in total. The Kier molecular flexibility index (Phi) is 4.75. The number of amides is 1. The molecule has 1 fully saturated rings. The van der Waals surface area contributed by atoms with E-state index in [0.717, 1.165) is 28.8 Å². The summed E-state index contributed by atoms with van der Waals surface area (Å²) in [5, 5.41) is 0. The molecule has 1 aliphatic carbocycles. The van der Waals surface area contributed by atoms with E-state index in [1.54, 1.807) is 6.33 Å². The van der Waals surface area contributed by atoms with Gasteiger partial charge in [0.2, 0.25) is 5.91 Å². The van der Waals surface area contributed by atoms with Crippen molar-refractivity contribution < 1.29 is 4.79 Å². The minimum atomic E-state index is -0.0314. The predicted molar refractivity (Wildman–Crippen MR) is 115 cm³/mol. The lowest BCUT2D eigenvalue weighted by Gasteiger charge is -2.17. The zero-order valence-electron chi connectivity index (χ0n) is 16.8. The van der Waals surface area contributed by atoms with E-state index in [1.807, 2.05) is 71.4 Å². The van der Waals surface area contributed by atoms with Gasteiger partial charge in [-0.15, -0.1) is 0 Å². The first kappa shape index (κ1) is 18.5. The Bertz CT molecular complexity index is 1170. The molecule has 0 unspecified atom stereocenters. The molecule has 4 aromatic rings. The Labute approximate surface area is 175 Å². The van der Waals surface area contributed by atoms with Gasteiger partial charge >= 0.3 is 0 Å². The van der Waals surface area contributed by atoms with Crippen molar-refractivity contribution in [2.45, 2.75) is 25.4 Å². The molecule has 6 heteroatoms. The van der Waals surface area contributed by atoms with Crippen molar-refractivity contribution in [2.24, 2.45) is 5.92 Å². The van der Waals surface area contributed by atoms with Crippen LogP contribution in [-0.2, 0) is 17.9 Å². The second-order valence-corrected chi connectivity index (χ2v) is 7.92. The van der Waals surface area contributed by atoms with E-state index < -0.39 is 0 Å². The van der Waals surface area contributed by atoms with Gasteiger partial charge in [-0.05, 0) is 17.5 Å². The van der Waals surface area contributed by atoms with E-state index in [4.69, 9.17) is 0 Å². The lowest BCUT2D eigenvalue weighted by molar-refractivity contribution is -0.131. The third-order valence-corrected chi connectivity index (χ3v) is 5.72. The number of imidazole rings is 1. The quantitative estimate of drug-likeness (QED) is 0.498. The van der Waals surface area contributed by atoms with Gasteiger partial charge in [-0.1, -0.05) is 60.7 Å². The minimum absolute atomic E-state index is 0.0314. The highest BCUT2D eigenvalue weighted by molar-refractivity contribution is 5.84. The van der Waals surface area contributed by atoms with Gasteiger partial charge in [0, 0.05) is 25.4 Å². The summed E-state index contributed by atoms with van der Waals surface area (Å²) in [4.78, 5) is 28.3. The maximum absolute atomic E-state index is 12.9. The summed E-state index contributed by atoms with van der Waals surface area (Å²) in [7, 11) is 1.87. The molecule has 0 radical (unpaired) electrons. The van der Waals surface area contributed by atoms with Crippen LogP contribution in [0.3, 0.4) is 0 Å². The third-order valence-electron chi connectivity index (χ3n) is 5.72. The highest BCUT2D eigenvalue weighted by Gasteiger charge is 2.47. The van der Waals surface area contributed by atoms with Crippen molar-refractivity contribution in [3.05, 3.63) is 90.1 Å². The van der Waals surface area contributed by atoms with Crippen molar-refractivity contribution >= 4 is 17.1 Å². The van der Waals surface area contributed by atoms with Crippen LogP contribution in [0.1, 0.15) is 29.2 Å². The average molecular weight is 397 g/mol. The molecule has 5 rings (SSSR count). The van der Waals surface area contributed by atoms with Crippen LogP contribution in [0.25, 0.3) is 11.2 Å². The fourth-order valence-corrected chi connectivity index (χ4v) is 4.05. The Morgan fingerprint density at radius 2 is 1.70 bits per heavy atom. The first-order valence-corrected chi connectivity index (χ1v) is 10.2. The highest BCUT2D eigenvalue weighted by atomic mass is 16.2. The number of rotatable bonds is 6. The molecule has 2 heterocycles. The van der Waals surface area contributed by atoms with Crippen molar-refractivity contribution in [1.29, 1.82) is 0 Å². The number of hydrogen-bond donors (Lipinski definition) is 0. The van der Waals surface area contributed by atoms with Crippen LogP contribution in [0.15, 0.2) is 73.3 Å². The molecule has 0 aliphatic heterocycles. The number of benzene rings is 2. The van der Waals surface area contributed by atoms with Gasteiger partial charge in [0.15, 0.2) is 5.65 Å². The normalized spacial score (nSPS) is 17.8. The molecule has 1 amide bonds. The number of hydrogen-bond acceptors (Lipinski definition) is 4. The van der Waals surface area contributed by atoms with Crippen molar-refractivity contribution in [3.63, 3.8) is 0 Å². The molecule has 0 saturated heterocycles. The van der Waals surface area contributed by atoms with Gasteiger partial charge in [0.1, 0.15) is 11.8 Å². The average Bonchev–Trinajstić information content (AvgIpc) is 3.48. The van der Waals surface area contributed by atoms with Gasteiger partial charge in [0.25, 0.3) is 0 Å². The van der Waals surface area contributed by atoms with Crippen LogP contribution in [0.4, 0.5) is 0 Å². The van der Waals surface area contributed by atoms with Gasteiger partial charge in [-0.3, -0.25) is 4.79 Å². The summed E-state index contributed by atoms with van der Waals surface area (Å²) in [6.07, 6.45) is 4.22. The summed E-state index contributed by atoms with van der Waals surface area (Å²) < 4.78 is 2.04. The Hall–Kier alpha value is -3.54. The summed E-state index contributed by atoms with van der Waals surface area (Å²) in [5.41, 5.74) is 4.84. The molecule has 0 spiro atoms. The zero-order chi connectivity index (χ0) is 20.5. The van der Waals surface area contributed by atoms with E-state index in [2.05, 4.69) is 27.1 Å². The van der Waals surface area contributed by atoms with Crippen LogP contribution in [0, 0.1) is 5.92 Å². The predicted octanol–water partition coefficient (Wildman–Crippen LogP) is 3.64. The number of carbonyl (C=O) groups excluding carboxylic acids is 1. The fraction of sp³-hybridized carbons (Fsp3) is 0.250. The highest BCUT2D eigenvalue weighted by Crippen LogP contribution is 2.49. The van der Waals surface area contributed by atoms with Crippen LogP contribution in [-0.4, -0.2) is 37.4 Å². The Balaban J connectivity index is 1.33. The zero-order valence-corrected chi connectivity index (χ0v) is 16.8. The Morgan fingerprint density at radius 3 is 2.43 bits per heavy atom. The lowest BCUT2D eigenvalue weighted by atomic mass is 10.1. The number of carbonyl (C=O) groups is 1. The third kappa shape index (κ3) is 3.56. The SMILES string of the molecule is CN(Cc1ccccc1)C(=O)[C@H]1C[C@@H]1c1ncnc2c1ncn2Cc1ccccc1. The van der Waals surface area contributed by atoms with E-state index >= 15 is 0 Å². The van der Waals surface area contributed by atoms with Crippen molar-refractivity contribution in [3.8, 4) is 0 Å². The molecule has 150 valence electrons. The topological polar surface area (TPSA) is 63.9 Å². The summed E-state index contributed by atoms with van der Waals surface area (Å²) in [6.45, 7) is 1.33. The standard InChI is InChI=1S/C24H23N5O/c1-28(13-17-8-4-2-5-9-17)24(30)20-12-19(20)21-22-23(26-15-25-21)29(16-27-22)14-18-10-6-3-7-11-18/h2-11,15-16,19-20H,12-14H2,1H3/t19-,20-/m0/s1. The minimum Gasteiger partial charge on any atom is -0.341 e. The second-order valence-electron chi connectivity index (χ2n) is 7.92. The summed E-state index contributed by atoms with van der Waals surface area (Å²) in [6, 6.07) is 20.3. The first-order chi connectivity index (χ1) is 14.7. The smallest absolute Gasteiger partial charge is 0.226 e. The molecule has 30 heavy (non-hydrogen) atoms. The monoisotopic (exact) mass is 397 g/mol. The maximum Gasteiger partial charge on any atom is 0.226 e. The number of nitrogens with zero attached hydrogens (tertiary/aromatic N) is 5. The maximum atomic E-state index is 12.9. The molecule has 2 aromatic carbocycles. The molecule has 1 saturated carbocycles. The van der Waals surface area contributed by atoms with Gasteiger partial charge in [0.05, 0.1) is 18.6 Å². The summed E-state index contributed by atoms with van der Waals surface area (Å²) in [5.74, 6) is 0.247. The van der Waals surface area contributed by atoms with E-state index in [9.17, 15) is 4.79 Å². The molecule has 0 bridgehead atoms. The molecule has 1 aliphatic rings. The van der Waals surface area contributed by atoms with E-state index in [1.165, 1.54) is 5.56 Å². The van der Waals surface area contributed by atoms with E-state index in [-0.39, 0.29) is 17.7 Å². The van der Waals surface area contributed by atoms with E-state index in [0.29, 0.717) is 13.1 Å². The summed E-state index contributed by atoms with van der Waals surface area (Å²) >= 11 is 0. The van der Waals surface area contributed by atoms with Crippen molar-refractivity contribution in [2.75, 3.05) is 7.05 Å². The molecular weight excluding hydrogens is 374 g/mol. The largest absolute Gasteiger partial charge is 0.341 e. The molecule has 0 N–H and O–H groups in total. The molecular formula is C24H23N5O. The van der Waals surface area contributed by atoms with Crippen LogP contribution in [0.5, 0.6) is 0 Å². The number of fused-ring (bicyclic) bond motifs is 1. The molecule has 2 aromatic heterocycles. The van der Waals surface area contributed by atoms with Crippen LogP contribution < -0.4 is 0 Å². The van der Waals surface area contributed by atoms with Gasteiger partial charge in [-0.25, -0.2) is 15.0 Å². The van der Waals surface area contributed by atoms with Gasteiger partial charge in [-0.2, -0.15) is 0 Å². The van der Waals surface area contributed by atoms with Gasteiger partial charge < -0.3 is 9.47 Å².